The van der Waals surface area contributed by atoms with Crippen LogP contribution in [0, 0.1) is 5.82 Å². The van der Waals surface area contributed by atoms with E-state index in [-0.39, 0.29) is 16.7 Å². The Morgan fingerprint density at radius 3 is 2.31 bits per heavy atom. The van der Waals surface area contributed by atoms with Crippen LogP contribution >= 0.6 is 0 Å². The second-order valence-corrected chi connectivity index (χ2v) is 3.78. The first-order chi connectivity index (χ1) is 7.62. The summed E-state index contributed by atoms with van der Waals surface area (Å²) in [5, 5.41) is 0. The molecule has 0 unspecified atom stereocenters. The van der Waals surface area contributed by atoms with Crippen LogP contribution in [-0.4, -0.2) is 0 Å². The van der Waals surface area contributed by atoms with Crippen LogP contribution in [0.2, 0.25) is 0 Å². The fourth-order valence-electron chi connectivity index (χ4n) is 2.18. The summed E-state index contributed by atoms with van der Waals surface area (Å²) in [5.41, 5.74) is -0.0347. The van der Waals surface area contributed by atoms with Crippen LogP contribution in [0.1, 0.15) is 11.1 Å². The Labute approximate surface area is 90.3 Å². The van der Waals surface area contributed by atoms with E-state index < -0.39 is 11.7 Å². The van der Waals surface area contributed by atoms with E-state index in [2.05, 4.69) is 0 Å². The van der Waals surface area contributed by atoms with Gasteiger partial charge in [-0.15, -0.1) is 0 Å². The number of fused-ring (bicyclic) bond motifs is 3. The zero-order valence-electron chi connectivity index (χ0n) is 8.18. The van der Waals surface area contributed by atoms with E-state index in [4.69, 9.17) is 0 Å². The molecule has 0 spiro atoms. The molecule has 16 heavy (non-hydrogen) atoms. The summed E-state index contributed by atoms with van der Waals surface area (Å²) >= 11 is 0. The molecule has 80 valence electrons. The predicted molar refractivity (Wildman–Crippen MR) is 54.8 cm³/mol. The minimum atomic E-state index is -3.09. The average molecular weight is 220 g/mol. The lowest BCUT2D eigenvalue weighted by Gasteiger charge is -2.11. The predicted octanol–water partition coefficient (Wildman–Crippen LogP) is 3.95. The molecule has 0 bridgehead atoms. The van der Waals surface area contributed by atoms with Gasteiger partial charge in [-0.05, 0) is 11.6 Å². The van der Waals surface area contributed by atoms with Crippen molar-refractivity contribution in [3.8, 4) is 11.1 Å². The Balaban J connectivity index is 2.45. The molecule has 0 saturated heterocycles. The van der Waals surface area contributed by atoms with Gasteiger partial charge in [0.2, 0.25) is 0 Å². The van der Waals surface area contributed by atoms with E-state index in [1.54, 1.807) is 6.07 Å². The van der Waals surface area contributed by atoms with Gasteiger partial charge in [-0.1, -0.05) is 36.4 Å². The molecule has 1 aliphatic carbocycles. The number of alkyl halides is 2. The highest BCUT2D eigenvalue weighted by Gasteiger charge is 2.45. The maximum atomic E-state index is 13.9. The smallest absolute Gasteiger partial charge is 0.206 e. The van der Waals surface area contributed by atoms with Crippen LogP contribution in [0.5, 0.6) is 0 Å². The van der Waals surface area contributed by atoms with Gasteiger partial charge >= 0.3 is 0 Å². The molecule has 0 aliphatic heterocycles. The van der Waals surface area contributed by atoms with Crippen molar-refractivity contribution in [3.05, 3.63) is 59.4 Å². The molecule has 1 aliphatic rings. The standard InChI is InChI=1S/C13H7F3/c14-11-7-3-6-10-12(11)8-4-1-2-5-9(8)13(10,15)16/h1-7H. The molecular formula is C13H7F3. The van der Waals surface area contributed by atoms with Crippen molar-refractivity contribution in [1.82, 2.24) is 0 Å². The van der Waals surface area contributed by atoms with E-state index in [0.717, 1.165) is 0 Å². The first-order valence-electron chi connectivity index (χ1n) is 4.89. The number of benzene rings is 2. The van der Waals surface area contributed by atoms with Gasteiger partial charge in [0, 0.05) is 16.7 Å². The molecule has 0 heterocycles. The van der Waals surface area contributed by atoms with E-state index in [0.29, 0.717) is 5.56 Å². The van der Waals surface area contributed by atoms with Crippen molar-refractivity contribution in [2.24, 2.45) is 0 Å². The van der Waals surface area contributed by atoms with Crippen LogP contribution in [0.15, 0.2) is 42.5 Å². The maximum Gasteiger partial charge on any atom is 0.299 e. The Hall–Kier alpha value is -1.77. The lowest BCUT2D eigenvalue weighted by molar-refractivity contribution is 0.0478. The van der Waals surface area contributed by atoms with E-state index in [1.807, 2.05) is 0 Å². The Morgan fingerprint density at radius 1 is 0.812 bits per heavy atom. The quantitative estimate of drug-likeness (QED) is 0.630. The molecular weight excluding hydrogens is 213 g/mol. The zero-order valence-corrected chi connectivity index (χ0v) is 8.18. The summed E-state index contributed by atoms with van der Waals surface area (Å²) < 4.78 is 41.5. The molecule has 0 amide bonds. The first-order valence-corrected chi connectivity index (χ1v) is 4.89. The Morgan fingerprint density at radius 2 is 1.50 bits per heavy atom. The van der Waals surface area contributed by atoms with Gasteiger partial charge in [-0.2, -0.15) is 8.78 Å². The number of rotatable bonds is 0. The molecule has 0 aromatic heterocycles. The molecule has 3 rings (SSSR count). The van der Waals surface area contributed by atoms with Gasteiger partial charge in [0.15, 0.2) is 0 Å². The third kappa shape index (κ3) is 1.00. The molecule has 0 atom stereocenters. The maximum absolute atomic E-state index is 13.9. The summed E-state index contributed by atoms with van der Waals surface area (Å²) in [7, 11) is 0. The topological polar surface area (TPSA) is 0 Å². The number of halogens is 3. The fraction of sp³-hybridized carbons (Fsp3) is 0.0769. The van der Waals surface area contributed by atoms with Gasteiger partial charge < -0.3 is 0 Å². The minimum absolute atomic E-state index is 0.0306. The molecule has 0 saturated carbocycles. The van der Waals surface area contributed by atoms with Crippen LogP contribution in [-0.2, 0) is 5.92 Å². The Bertz CT molecular complexity index is 573. The highest BCUT2D eigenvalue weighted by atomic mass is 19.3. The molecule has 2 aromatic carbocycles. The van der Waals surface area contributed by atoms with Crippen molar-refractivity contribution in [2.75, 3.05) is 0 Å². The van der Waals surface area contributed by atoms with Crippen molar-refractivity contribution >= 4 is 0 Å². The van der Waals surface area contributed by atoms with Crippen LogP contribution in [0.4, 0.5) is 13.2 Å². The van der Waals surface area contributed by atoms with Gasteiger partial charge in [-0.3, -0.25) is 0 Å². The van der Waals surface area contributed by atoms with Gasteiger partial charge in [0.1, 0.15) is 5.82 Å². The number of hydrogen-bond donors (Lipinski definition) is 0. The SMILES string of the molecule is Fc1cccc2c1-c1ccccc1C2(F)F. The monoisotopic (exact) mass is 220 g/mol. The van der Waals surface area contributed by atoms with E-state index in [1.165, 1.54) is 36.4 Å². The molecule has 0 N–H and O–H groups in total. The normalized spacial score (nSPS) is 15.7. The van der Waals surface area contributed by atoms with Crippen LogP contribution in [0.3, 0.4) is 0 Å². The summed E-state index contributed by atoms with van der Waals surface area (Å²) in [4.78, 5) is 0. The lowest BCUT2D eigenvalue weighted by atomic mass is 10.1. The third-order valence-electron chi connectivity index (χ3n) is 2.89. The van der Waals surface area contributed by atoms with Crippen molar-refractivity contribution < 1.29 is 13.2 Å². The minimum Gasteiger partial charge on any atom is -0.206 e. The first kappa shape index (κ1) is 9.46. The summed E-state index contributed by atoms with van der Waals surface area (Å²) in [6.45, 7) is 0. The summed E-state index contributed by atoms with van der Waals surface area (Å²) in [6, 6.07) is 9.84. The van der Waals surface area contributed by atoms with E-state index >= 15 is 0 Å². The van der Waals surface area contributed by atoms with Gasteiger partial charge in [0.25, 0.3) is 5.92 Å². The van der Waals surface area contributed by atoms with E-state index in [9.17, 15) is 13.2 Å². The number of hydrogen-bond acceptors (Lipinski definition) is 0. The second kappa shape index (κ2) is 2.88. The largest absolute Gasteiger partial charge is 0.299 e. The molecule has 2 aromatic rings. The highest BCUT2D eigenvalue weighted by Crippen LogP contribution is 2.51. The molecule has 0 nitrogen and oxygen atoms in total. The molecule has 3 heteroatoms. The van der Waals surface area contributed by atoms with Gasteiger partial charge in [-0.25, -0.2) is 4.39 Å². The molecule has 0 fully saturated rings. The summed E-state index contributed by atoms with van der Waals surface area (Å²) in [6.07, 6.45) is 0. The summed E-state index contributed by atoms with van der Waals surface area (Å²) in [5.74, 6) is -3.68. The third-order valence-corrected chi connectivity index (χ3v) is 2.89. The zero-order chi connectivity index (χ0) is 11.3. The molecule has 0 radical (unpaired) electrons. The van der Waals surface area contributed by atoms with Crippen molar-refractivity contribution in [1.29, 1.82) is 0 Å². The van der Waals surface area contributed by atoms with Crippen LogP contribution in [0.25, 0.3) is 11.1 Å². The highest BCUT2D eigenvalue weighted by molar-refractivity contribution is 5.79. The Kier molecular flexibility index (Phi) is 1.70. The lowest BCUT2D eigenvalue weighted by Crippen LogP contribution is -2.10. The van der Waals surface area contributed by atoms with Gasteiger partial charge in [0.05, 0.1) is 0 Å². The van der Waals surface area contributed by atoms with Crippen LogP contribution < -0.4 is 0 Å². The fourth-order valence-corrected chi connectivity index (χ4v) is 2.18. The second-order valence-electron chi connectivity index (χ2n) is 3.78. The average Bonchev–Trinajstić information content (AvgIpc) is 2.51. The van der Waals surface area contributed by atoms with Crippen molar-refractivity contribution in [3.63, 3.8) is 0 Å². The van der Waals surface area contributed by atoms with Crippen molar-refractivity contribution in [2.45, 2.75) is 5.92 Å².